The Morgan fingerprint density at radius 1 is 1.14 bits per heavy atom. The molecule has 1 aliphatic carbocycles. The first-order chi connectivity index (χ1) is 13.6. The van der Waals surface area contributed by atoms with Gasteiger partial charge in [-0.05, 0) is 31.6 Å². The zero-order chi connectivity index (χ0) is 19.5. The lowest BCUT2D eigenvalue weighted by atomic mass is 10.1. The second-order valence-corrected chi connectivity index (χ2v) is 8.00. The smallest absolute Gasteiger partial charge is 0.221 e. The van der Waals surface area contributed by atoms with Crippen LogP contribution in [-0.2, 0) is 16.1 Å². The summed E-state index contributed by atoms with van der Waals surface area (Å²) in [5.74, 6) is 0.834. The molecule has 1 saturated heterocycles. The first kappa shape index (κ1) is 18.9. The molecular weight excluding hydrogens is 356 g/mol. The number of carbonyl (C=O) groups excluding carboxylic acids is 2. The predicted octanol–water partition coefficient (Wildman–Crippen LogP) is 1.11. The third-order valence-electron chi connectivity index (χ3n) is 5.81. The number of fused-ring (bicyclic) bond motifs is 1. The molecule has 0 radical (unpaired) electrons. The third kappa shape index (κ3) is 4.49. The number of nitrogens with zero attached hydrogens (tertiary/aromatic N) is 4. The van der Waals surface area contributed by atoms with E-state index in [1.807, 2.05) is 10.6 Å². The lowest BCUT2D eigenvalue weighted by Gasteiger charge is -2.30. The van der Waals surface area contributed by atoms with Gasteiger partial charge in [-0.3, -0.25) is 23.9 Å². The van der Waals surface area contributed by atoms with Gasteiger partial charge < -0.3 is 10.6 Å². The van der Waals surface area contributed by atoms with Crippen LogP contribution in [0.5, 0.6) is 0 Å². The molecule has 0 unspecified atom stereocenters. The summed E-state index contributed by atoms with van der Waals surface area (Å²) in [4.78, 5) is 34.7. The Morgan fingerprint density at radius 2 is 1.96 bits per heavy atom. The Labute approximate surface area is 164 Å². The molecular formula is C20H28N6O2. The number of imidazole rings is 1. The van der Waals surface area contributed by atoms with Crippen LogP contribution in [0.25, 0.3) is 5.65 Å². The fourth-order valence-corrected chi connectivity index (χ4v) is 4.11. The van der Waals surface area contributed by atoms with Crippen molar-refractivity contribution in [3.63, 3.8) is 0 Å². The average Bonchev–Trinajstić information content (AvgIpc) is 3.29. The summed E-state index contributed by atoms with van der Waals surface area (Å²) in [6, 6.07) is 0.597. The fraction of sp³-hybridized carbons (Fsp3) is 0.600. The second kappa shape index (κ2) is 8.26. The van der Waals surface area contributed by atoms with Gasteiger partial charge in [-0.1, -0.05) is 0 Å². The summed E-state index contributed by atoms with van der Waals surface area (Å²) in [7, 11) is 0. The van der Waals surface area contributed by atoms with Crippen molar-refractivity contribution in [2.75, 3.05) is 13.1 Å². The third-order valence-corrected chi connectivity index (χ3v) is 5.81. The van der Waals surface area contributed by atoms with Crippen LogP contribution in [0.3, 0.4) is 0 Å². The maximum absolute atomic E-state index is 12.6. The lowest BCUT2D eigenvalue weighted by Crippen LogP contribution is -2.45. The molecule has 2 aromatic heterocycles. The van der Waals surface area contributed by atoms with Crippen molar-refractivity contribution >= 4 is 17.5 Å². The Balaban J connectivity index is 1.32. The molecule has 8 nitrogen and oxygen atoms in total. The van der Waals surface area contributed by atoms with Gasteiger partial charge in [0, 0.05) is 50.9 Å². The zero-order valence-corrected chi connectivity index (χ0v) is 16.3. The maximum atomic E-state index is 12.6. The first-order valence-electron chi connectivity index (χ1n) is 10.1. The van der Waals surface area contributed by atoms with Crippen LogP contribution < -0.4 is 10.6 Å². The Morgan fingerprint density at radius 3 is 2.75 bits per heavy atom. The molecule has 1 aliphatic heterocycles. The molecule has 0 bridgehead atoms. The highest BCUT2D eigenvalue weighted by Gasteiger charge is 2.37. The van der Waals surface area contributed by atoms with Crippen LogP contribution in [0, 0.1) is 5.92 Å². The molecule has 150 valence electrons. The highest BCUT2D eigenvalue weighted by atomic mass is 16.2. The monoisotopic (exact) mass is 384 g/mol. The van der Waals surface area contributed by atoms with Crippen LogP contribution in [0.2, 0.25) is 0 Å². The van der Waals surface area contributed by atoms with Gasteiger partial charge in [0.05, 0.1) is 24.6 Å². The summed E-state index contributed by atoms with van der Waals surface area (Å²) in [6.45, 7) is 3.73. The summed E-state index contributed by atoms with van der Waals surface area (Å²) < 4.78 is 1.94. The normalized spacial score (nSPS) is 22.5. The molecule has 8 heteroatoms. The van der Waals surface area contributed by atoms with Crippen molar-refractivity contribution in [1.29, 1.82) is 0 Å². The minimum atomic E-state index is 0.01000. The molecule has 2 atom stereocenters. The summed E-state index contributed by atoms with van der Waals surface area (Å²) >= 11 is 0. The van der Waals surface area contributed by atoms with Gasteiger partial charge in [-0.25, -0.2) is 4.98 Å². The number of nitrogens with one attached hydrogen (secondary N) is 2. The number of hydrogen-bond donors (Lipinski definition) is 2. The Bertz CT molecular complexity index is 846. The van der Waals surface area contributed by atoms with Crippen molar-refractivity contribution in [2.24, 2.45) is 5.92 Å². The number of likely N-dealkylation sites (tertiary alicyclic amines) is 1. The lowest BCUT2D eigenvalue weighted by molar-refractivity contribution is -0.123. The van der Waals surface area contributed by atoms with Crippen molar-refractivity contribution < 1.29 is 9.59 Å². The van der Waals surface area contributed by atoms with Gasteiger partial charge in [-0.15, -0.1) is 0 Å². The zero-order valence-electron chi connectivity index (χ0n) is 16.3. The summed E-state index contributed by atoms with van der Waals surface area (Å²) in [6.07, 6.45) is 12.1. The molecule has 2 aromatic rings. The van der Waals surface area contributed by atoms with Gasteiger partial charge in [0.15, 0.2) is 5.65 Å². The quantitative estimate of drug-likeness (QED) is 0.712. The molecule has 2 fully saturated rings. The minimum absolute atomic E-state index is 0.01000. The molecule has 3 heterocycles. The van der Waals surface area contributed by atoms with Crippen LogP contribution in [0.15, 0.2) is 24.8 Å². The molecule has 0 spiro atoms. The molecule has 2 N–H and O–H groups in total. The van der Waals surface area contributed by atoms with E-state index in [9.17, 15) is 9.59 Å². The van der Waals surface area contributed by atoms with E-state index >= 15 is 0 Å². The Kier molecular flexibility index (Phi) is 5.57. The van der Waals surface area contributed by atoms with Crippen LogP contribution in [0.1, 0.15) is 44.7 Å². The number of hydrogen-bond acceptors (Lipinski definition) is 5. The van der Waals surface area contributed by atoms with E-state index in [0.717, 1.165) is 36.6 Å². The molecule has 1 saturated carbocycles. The predicted molar refractivity (Wildman–Crippen MR) is 104 cm³/mol. The van der Waals surface area contributed by atoms with E-state index in [1.54, 1.807) is 25.5 Å². The van der Waals surface area contributed by atoms with Crippen LogP contribution in [-0.4, -0.2) is 56.3 Å². The highest BCUT2D eigenvalue weighted by molar-refractivity contribution is 5.76. The SMILES string of the molecule is CC(=O)NC[C@H]1CC[C@@H](CC(=O)NCc2cnc3cnccn23)N1CC1CC1. The molecule has 28 heavy (non-hydrogen) atoms. The Hall–Kier alpha value is -2.48. The number of carbonyl (C=O) groups is 2. The van der Waals surface area contributed by atoms with E-state index in [0.29, 0.717) is 25.6 Å². The van der Waals surface area contributed by atoms with Crippen LogP contribution in [0.4, 0.5) is 0 Å². The van der Waals surface area contributed by atoms with E-state index in [4.69, 9.17) is 0 Å². The summed E-state index contributed by atoms with van der Waals surface area (Å²) in [5, 5.41) is 5.99. The van der Waals surface area contributed by atoms with Gasteiger partial charge in [0.25, 0.3) is 0 Å². The molecule has 0 aromatic carbocycles. The summed E-state index contributed by atoms with van der Waals surface area (Å²) in [5.41, 5.74) is 1.72. The van der Waals surface area contributed by atoms with Crippen molar-refractivity contribution in [1.82, 2.24) is 29.9 Å². The van der Waals surface area contributed by atoms with Crippen LogP contribution >= 0.6 is 0 Å². The van der Waals surface area contributed by atoms with Gasteiger partial charge in [-0.2, -0.15) is 0 Å². The van der Waals surface area contributed by atoms with Gasteiger partial charge in [0.2, 0.25) is 11.8 Å². The fourth-order valence-electron chi connectivity index (χ4n) is 4.11. The molecule has 4 rings (SSSR count). The number of aromatic nitrogens is 3. The maximum Gasteiger partial charge on any atom is 0.221 e. The minimum Gasteiger partial charge on any atom is -0.355 e. The first-order valence-corrected chi connectivity index (χ1v) is 10.1. The van der Waals surface area contributed by atoms with E-state index in [-0.39, 0.29) is 17.9 Å². The van der Waals surface area contributed by atoms with E-state index in [2.05, 4.69) is 25.5 Å². The van der Waals surface area contributed by atoms with E-state index < -0.39 is 0 Å². The topological polar surface area (TPSA) is 91.6 Å². The second-order valence-electron chi connectivity index (χ2n) is 8.00. The van der Waals surface area contributed by atoms with Crippen molar-refractivity contribution in [3.8, 4) is 0 Å². The van der Waals surface area contributed by atoms with Crippen molar-refractivity contribution in [3.05, 3.63) is 30.5 Å². The highest BCUT2D eigenvalue weighted by Crippen LogP contribution is 2.35. The molecule has 2 amide bonds. The van der Waals surface area contributed by atoms with E-state index in [1.165, 1.54) is 12.8 Å². The molecule has 2 aliphatic rings. The standard InChI is InChI=1S/C20H28N6O2/c1-14(27)22-9-17-5-4-16(26(17)13-15-2-3-15)8-20(28)24-11-18-10-23-19-12-21-6-7-25(18)19/h6-7,10,12,15-17H,2-5,8-9,11,13H2,1H3,(H,22,27)(H,24,28)/t16-,17+/m0/s1. The number of rotatable bonds is 8. The van der Waals surface area contributed by atoms with Gasteiger partial charge >= 0.3 is 0 Å². The average molecular weight is 384 g/mol. The van der Waals surface area contributed by atoms with Crippen molar-refractivity contribution in [2.45, 2.75) is 57.7 Å². The number of amides is 2. The van der Waals surface area contributed by atoms with Gasteiger partial charge in [0.1, 0.15) is 0 Å². The largest absolute Gasteiger partial charge is 0.355 e.